The molecule has 0 bridgehead atoms. The summed E-state index contributed by atoms with van der Waals surface area (Å²) < 4.78 is 0. The molecule has 0 aliphatic rings. The van der Waals surface area contributed by atoms with E-state index in [4.69, 9.17) is 10.4 Å². The number of hydrogen-bond acceptors (Lipinski definition) is 4. The summed E-state index contributed by atoms with van der Waals surface area (Å²) in [6.07, 6.45) is 1.37. The van der Waals surface area contributed by atoms with Gasteiger partial charge < -0.3 is 15.7 Å². The zero-order chi connectivity index (χ0) is 15.7. The SMILES string of the molecule is CC(C)(CCC#N)CNc1cccc(C(=O)NCCO)c1. The Kier molecular flexibility index (Phi) is 6.70. The zero-order valence-corrected chi connectivity index (χ0v) is 12.6. The highest BCUT2D eigenvalue weighted by Crippen LogP contribution is 2.23. The zero-order valence-electron chi connectivity index (χ0n) is 12.6. The Hall–Kier alpha value is -2.06. The molecule has 1 aromatic rings. The van der Waals surface area contributed by atoms with Gasteiger partial charge in [0.05, 0.1) is 12.7 Å². The van der Waals surface area contributed by atoms with Gasteiger partial charge in [-0.2, -0.15) is 5.26 Å². The van der Waals surface area contributed by atoms with Crippen LogP contribution in [-0.4, -0.2) is 30.7 Å². The van der Waals surface area contributed by atoms with Crippen LogP contribution in [0.5, 0.6) is 0 Å². The molecule has 0 aliphatic carbocycles. The van der Waals surface area contributed by atoms with Gasteiger partial charge in [-0.05, 0) is 30.0 Å². The number of nitriles is 1. The van der Waals surface area contributed by atoms with Gasteiger partial charge >= 0.3 is 0 Å². The van der Waals surface area contributed by atoms with Gasteiger partial charge in [0.2, 0.25) is 0 Å². The molecule has 0 spiro atoms. The molecule has 0 saturated heterocycles. The van der Waals surface area contributed by atoms with Crippen LogP contribution in [0.15, 0.2) is 24.3 Å². The number of aliphatic hydroxyl groups excluding tert-OH is 1. The molecule has 1 aromatic carbocycles. The van der Waals surface area contributed by atoms with E-state index in [1.807, 2.05) is 12.1 Å². The van der Waals surface area contributed by atoms with E-state index >= 15 is 0 Å². The number of aliphatic hydroxyl groups is 1. The summed E-state index contributed by atoms with van der Waals surface area (Å²) in [7, 11) is 0. The third-order valence-corrected chi connectivity index (χ3v) is 3.21. The maximum Gasteiger partial charge on any atom is 0.251 e. The fourth-order valence-electron chi connectivity index (χ4n) is 1.87. The molecule has 3 N–H and O–H groups in total. The minimum atomic E-state index is -0.198. The van der Waals surface area contributed by atoms with Gasteiger partial charge in [0.1, 0.15) is 0 Å². The van der Waals surface area contributed by atoms with Gasteiger partial charge in [-0.25, -0.2) is 0 Å². The Morgan fingerprint density at radius 3 is 2.86 bits per heavy atom. The van der Waals surface area contributed by atoms with Gasteiger partial charge in [-0.1, -0.05) is 19.9 Å². The summed E-state index contributed by atoms with van der Waals surface area (Å²) in [6, 6.07) is 9.41. The van der Waals surface area contributed by atoms with E-state index < -0.39 is 0 Å². The monoisotopic (exact) mass is 289 g/mol. The van der Waals surface area contributed by atoms with Crippen LogP contribution in [0.4, 0.5) is 5.69 Å². The number of amides is 1. The highest BCUT2D eigenvalue weighted by molar-refractivity contribution is 5.95. The molecule has 0 atom stereocenters. The van der Waals surface area contributed by atoms with E-state index in [9.17, 15) is 4.79 Å². The first-order chi connectivity index (χ1) is 9.98. The predicted molar refractivity (Wildman–Crippen MR) is 83.0 cm³/mol. The summed E-state index contributed by atoms with van der Waals surface area (Å²) in [6.45, 7) is 5.12. The Bertz CT molecular complexity index is 506. The second-order valence-corrected chi connectivity index (χ2v) is 5.74. The number of benzene rings is 1. The molecule has 0 fully saturated rings. The summed E-state index contributed by atoms with van der Waals surface area (Å²) in [4.78, 5) is 11.8. The van der Waals surface area contributed by atoms with Crippen molar-refractivity contribution in [2.24, 2.45) is 5.41 Å². The van der Waals surface area contributed by atoms with Crippen molar-refractivity contribution in [3.05, 3.63) is 29.8 Å². The highest BCUT2D eigenvalue weighted by atomic mass is 16.3. The lowest BCUT2D eigenvalue weighted by Gasteiger charge is -2.24. The van der Waals surface area contributed by atoms with Crippen LogP contribution in [0, 0.1) is 16.7 Å². The highest BCUT2D eigenvalue weighted by Gasteiger charge is 2.17. The summed E-state index contributed by atoms with van der Waals surface area (Å²) in [5, 5.41) is 23.3. The lowest BCUT2D eigenvalue weighted by Crippen LogP contribution is -2.26. The molecule has 0 aliphatic heterocycles. The van der Waals surface area contributed by atoms with E-state index in [1.54, 1.807) is 12.1 Å². The molecule has 1 rings (SSSR count). The van der Waals surface area contributed by atoms with E-state index in [1.165, 1.54) is 0 Å². The lowest BCUT2D eigenvalue weighted by atomic mass is 9.88. The molecule has 0 heterocycles. The van der Waals surface area contributed by atoms with Crippen LogP contribution < -0.4 is 10.6 Å². The number of rotatable bonds is 8. The molecular formula is C16H23N3O2. The van der Waals surface area contributed by atoms with Gasteiger partial charge in [0.25, 0.3) is 5.91 Å². The fourth-order valence-corrected chi connectivity index (χ4v) is 1.87. The van der Waals surface area contributed by atoms with Gasteiger partial charge in [-0.3, -0.25) is 4.79 Å². The minimum Gasteiger partial charge on any atom is -0.395 e. The van der Waals surface area contributed by atoms with Gasteiger partial charge in [0, 0.05) is 30.8 Å². The predicted octanol–water partition coefficient (Wildman–Crippen LogP) is 2.15. The second-order valence-electron chi connectivity index (χ2n) is 5.74. The van der Waals surface area contributed by atoms with Crippen molar-refractivity contribution in [1.82, 2.24) is 5.32 Å². The molecule has 114 valence electrons. The van der Waals surface area contributed by atoms with Crippen LogP contribution in [0.1, 0.15) is 37.0 Å². The van der Waals surface area contributed by atoms with Gasteiger partial charge in [0.15, 0.2) is 0 Å². The van der Waals surface area contributed by atoms with Crippen molar-refractivity contribution in [3.8, 4) is 6.07 Å². The number of anilines is 1. The van der Waals surface area contributed by atoms with Crippen molar-refractivity contribution >= 4 is 11.6 Å². The standard InChI is InChI=1S/C16H23N3O2/c1-16(2,7-4-8-17)12-19-14-6-3-5-13(11-14)15(21)18-9-10-20/h3,5-6,11,19-20H,4,7,9-10,12H2,1-2H3,(H,18,21). The van der Waals surface area contributed by atoms with Crippen LogP contribution in [0.25, 0.3) is 0 Å². The van der Waals surface area contributed by atoms with Gasteiger partial charge in [-0.15, -0.1) is 0 Å². The molecule has 1 amide bonds. The average molecular weight is 289 g/mol. The van der Waals surface area contributed by atoms with Crippen LogP contribution in [0.2, 0.25) is 0 Å². The normalized spacial score (nSPS) is 10.8. The molecule has 0 saturated carbocycles. The Morgan fingerprint density at radius 2 is 2.19 bits per heavy atom. The van der Waals surface area contributed by atoms with Crippen LogP contribution in [0.3, 0.4) is 0 Å². The largest absolute Gasteiger partial charge is 0.395 e. The first-order valence-electron chi connectivity index (χ1n) is 7.08. The Labute approximate surface area is 126 Å². The van der Waals surface area contributed by atoms with Crippen LogP contribution in [-0.2, 0) is 0 Å². The Balaban J connectivity index is 2.60. The van der Waals surface area contributed by atoms with E-state index in [0.29, 0.717) is 12.0 Å². The van der Waals surface area contributed by atoms with E-state index in [-0.39, 0.29) is 24.5 Å². The van der Waals surface area contributed by atoms with Crippen LogP contribution >= 0.6 is 0 Å². The second kappa shape index (κ2) is 8.28. The Morgan fingerprint density at radius 1 is 1.43 bits per heavy atom. The number of hydrogen-bond donors (Lipinski definition) is 3. The average Bonchev–Trinajstić information content (AvgIpc) is 2.49. The summed E-state index contributed by atoms with van der Waals surface area (Å²) >= 11 is 0. The first kappa shape index (κ1) is 17.0. The molecule has 0 unspecified atom stereocenters. The maximum atomic E-state index is 11.8. The lowest BCUT2D eigenvalue weighted by molar-refractivity contribution is 0.0945. The van der Waals surface area contributed by atoms with E-state index in [0.717, 1.165) is 18.7 Å². The number of carbonyl (C=O) groups is 1. The minimum absolute atomic E-state index is 0.0187. The molecule has 5 nitrogen and oxygen atoms in total. The molecule has 0 radical (unpaired) electrons. The van der Waals surface area contributed by atoms with Crippen molar-refractivity contribution in [2.75, 3.05) is 25.0 Å². The number of nitrogens with zero attached hydrogens (tertiary/aromatic N) is 1. The smallest absolute Gasteiger partial charge is 0.251 e. The molecule has 0 aromatic heterocycles. The third-order valence-electron chi connectivity index (χ3n) is 3.21. The maximum absolute atomic E-state index is 11.8. The van der Waals surface area contributed by atoms with Crippen molar-refractivity contribution in [1.29, 1.82) is 5.26 Å². The third kappa shape index (κ3) is 6.28. The molecule has 21 heavy (non-hydrogen) atoms. The summed E-state index contributed by atoms with van der Waals surface area (Å²) in [5.41, 5.74) is 1.45. The molecule has 5 heteroatoms. The quantitative estimate of drug-likeness (QED) is 0.684. The molecular weight excluding hydrogens is 266 g/mol. The summed E-state index contributed by atoms with van der Waals surface area (Å²) in [5.74, 6) is -0.198. The topological polar surface area (TPSA) is 85.2 Å². The number of nitrogens with one attached hydrogen (secondary N) is 2. The van der Waals surface area contributed by atoms with Crippen molar-refractivity contribution in [2.45, 2.75) is 26.7 Å². The first-order valence-corrected chi connectivity index (χ1v) is 7.08. The van der Waals surface area contributed by atoms with Crippen molar-refractivity contribution < 1.29 is 9.90 Å². The number of carbonyl (C=O) groups excluding carboxylic acids is 1. The van der Waals surface area contributed by atoms with E-state index in [2.05, 4.69) is 30.6 Å². The fraction of sp³-hybridized carbons (Fsp3) is 0.500. The van der Waals surface area contributed by atoms with Crippen molar-refractivity contribution in [3.63, 3.8) is 0 Å².